The molecule has 0 amide bonds. The molecule has 2 aromatic heterocycles. The normalized spacial score (nSPS) is 15.2. The summed E-state index contributed by atoms with van der Waals surface area (Å²) in [6, 6.07) is 52.7. The van der Waals surface area contributed by atoms with Gasteiger partial charge in [0.25, 0.3) is 0 Å². The van der Waals surface area contributed by atoms with Crippen molar-refractivity contribution in [2.24, 2.45) is 9.98 Å². The number of nitrogens with one attached hydrogen (secondary N) is 2. The third-order valence-corrected chi connectivity index (χ3v) is 10.6. The molecule has 0 saturated carbocycles. The maximum absolute atomic E-state index is 6.32. The molecule has 0 aliphatic carbocycles. The number of para-hydroxylation sites is 1. The summed E-state index contributed by atoms with van der Waals surface area (Å²) < 4.78 is 12.6. The zero-order chi connectivity index (χ0) is 35.6. The Bertz CT molecular complexity index is 3040. The summed E-state index contributed by atoms with van der Waals surface area (Å²) >= 11 is 0. The van der Waals surface area contributed by atoms with Crippen molar-refractivity contribution >= 4 is 61.4 Å². The van der Waals surface area contributed by atoms with Gasteiger partial charge in [0, 0.05) is 32.8 Å². The molecule has 9 aromatic rings. The third kappa shape index (κ3) is 4.88. The summed E-state index contributed by atoms with van der Waals surface area (Å²) in [6.45, 7) is 0.673. The van der Waals surface area contributed by atoms with E-state index in [0.717, 1.165) is 99.8 Å². The quantitative estimate of drug-likeness (QED) is 0.188. The van der Waals surface area contributed by atoms with Gasteiger partial charge in [-0.1, -0.05) is 127 Å². The number of aliphatic imine (C=N–C) groups is 2. The largest absolute Gasteiger partial charge is 0.459 e. The second kappa shape index (κ2) is 12.2. The highest BCUT2D eigenvalue weighted by Crippen LogP contribution is 2.41. The van der Waals surface area contributed by atoms with Crippen molar-refractivity contribution in [3.63, 3.8) is 0 Å². The zero-order valence-electron chi connectivity index (χ0n) is 29.1. The predicted octanol–water partition coefficient (Wildman–Crippen LogP) is 11.4. The molecule has 0 fully saturated rings. The number of hydrogen-bond acceptors (Lipinski definition) is 6. The molecule has 7 aromatic carbocycles. The van der Waals surface area contributed by atoms with E-state index in [0.29, 0.717) is 12.4 Å². The molecule has 11 rings (SSSR count). The molecule has 4 heterocycles. The van der Waals surface area contributed by atoms with Crippen LogP contribution in [0.25, 0.3) is 72.0 Å². The highest BCUT2D eigenvalue weighted by Gasteiger charge is 2.26. The fourth-order valence-electron chi connectivity index (χ4n) is 8.14. The van der Waals surface area contributed by atoms with Gasteiger partial charge in [-0.3, -0.25) is 0 Å². The third-order valence-electron chi connectivity index (χ3n) is 10.6. The maximum atomic E-state index is 6.32. The fraction of sp³-hybridized carbons (Fsp3) is 0.0417. The highest BCUT2D eigenvalue weighted by atomic mass is 16.3. The Morgan fingerprint density at radius 3 is 2.09 bits per heavy atom. The molecule has 0 radical (unpaired) electrons. The Labute approximate surface area is 310 Å². The van der Waals surface area contributed by atoms with Crippen LogP contribution in [0.3, 0.4) is 0 Å². The molecule has 54 heavy (non-hydrogen) atoms. The molecular formula is C48H32N4O2. The number of benzene rings is 7. The van der Waals surface area contributed by atoms with E-state index in [1.807, 2.05) is 42.6 Å². The van der Waals surface area contributed by atoms with Gasteiger partial charge in [-0.25, -0.2) is 9.98 Å². The van der Waals surface area contributed by atoms with Gasteiger partial charge in [0.2, 0.25) is 0 Å². The molecule has 6 heteroatoms. The summed E-state index contributed by atoms with van der Waals surface area (Å²) in [4.78, 5) is 10.7. The number of hydrogen-bond donors (Lipinski definition) is 2. The van der Waals surface area contributed by atoms with Crippen molar-refractivity contribution in [1.82, 2.24) is 10.6 Å². The minimum atomic E-state index is -0.394. The summed E-state index contributed by atoms with van der Waals surface area (Å²) in [5.74, 6) is 2.37. The van der Waals surface area contributed by atoms with Crippen LogP contribution in [-0.2, 0) is 6.54 Å². The molecule has 0 bridgehead atoms. The molecule has 1 atom stereocenters. The lowest BCUT2D eigenvalue weighted by atomic mass is 9.91. The van der Waals surface area contributed by atoms with Gasteiger partial charge < -0.3 is 19.5 Å². The average Bonchev–Trinajstić information content (AvgIpc) is 3.82. The fourth-order valence-corrected chi connectivity index (χ4v) is 8.14. The van der Waals surface area contributed by atoms with Crippen LogP contribution in [0.2, 0.25) is 0 Å². The van der Waals surface area contributed by atoms with Crippen LogP contribution in [0.4, 0.5) is 0 Å². The van der Waals surface area contributed by atoms with Crippen LogP contribution in [0, 0.1) is 0 Å². The molecule has 2 aliphatic rings. The van der Waals surface area contributed by atoms with E-state index in [1.54, 1.807) is 0 Å². The van der Waals surface area contributed by atoms with Crippen LogP contribution in [0.5, 0.6) is 0 Å². The number of furan rings is 2. The summed E-state index contributed by atoms with van der Waals surface area (Å²) in [6.07, 6.45) is 3.72. The second-order valence-corrected chi connectivity index (χ2v) is 13.8. The minimum absolute atomic E-state index is 0.394. The van der Waals surface area contributed by atoms with Gasteiger partial charge >= 0.3 is 0 Å². The molecule has 0 saturated heterocycles. The van der Waals surface area contributed by atoms with E-state index in [4.69, 9.17) is 18.8 Å². The van der Waals surface area contributed by atoms with Crippen LogP contribution in [0.1, 0.15) is 34.2 Å². The van der Waals surface area contributed by atoms with Crippen molar-refractivity contribution in [1.29, 1.82) is 0 Å². The van der Waals surface area contributed by atoms with Crippen molar-refractivity contribution < 1.29 is 8.83 Å². The number of nitrogens with zero attached hydrogens (tertiary/aromatic N) is 2. The van der Waals surface area contributed by atoms with Gasteiger partial charge in [0.1, 0.15) is 34.5 Å². The standard InChI is InChI=1S/C48H32N4O2/c1-2-11-29(12-3-1)30-13-8-14-31(27-30)46-50-47(52-48(51-46)39-19-10-22-42-45(39)37-17-6-7-20-40(37)53-42)36-24-23-34(32-15-4-5-16-33(32)36)35-18-9-21-41-44(35)38-25-26-49-28-43(38)54-41/h1-27,46,49H,28H2,(H,50,51,52). The Kier molecular flexibility index (Phi) is 6.89. The van der Waals surface area contributed by atoms with Crippen molar-refractivity contribution in [3.8, 4) is 22.3 Å². The van der Waals surface area contributed by atoms with E-state index in [-0.39, 0.29) is 0 Å². The summed E-state index contributed by atoms with van der Waals surface area (Å²) in [7, 11) is 0. The monoisotopic (exact) mass is 696 g/mol. The summed E-state index contributed by atoms with van der Waals surface area (Å²) in [5, 5.41) is 12.5. The Hall–Kier alpha value is -7.18. The Balaban J connectivity index is 1.11. The first-order valence-corrected chi connectivity index (χ1v) is 18.2. The highest BCUT2D eigenvalue weighted by molar-refractivity contribution is 6.24. The van der Waals surface area contributed by atoms with E-state index >= 15 is 0 Å². The second-order valence-electron chi connectivity index (χ2n) is 13.8. The first kappa shape index (κ1) is 30.4. The lowest BCUT2D eigenvalue weighted by Crippen LogP contribution is -2.33. The molecule has 2 aliphatic heterocycles. The zero-order valence-corrected chi connectivity index (χ0v) is 29.1. The van der Waals surface area contributed by atoms with E-state index in [1.165, 1.54) is 0 Å². The van der Waals surface area contributed by atoms with E-state index in [2.05, 4.69) is 132 Å². The topological polar surface area (TPSA) is 75.1 Å². The van der Waals surface area contributed by atoms with Gasteiger partial charge in [0.05, 0.1) is 6.54 Å². The molecule has 6 nitrogen and oxygen atoms in total. The first-order valence-electron chi connectivity index (χ1n) is 18.2. The molecule has 1 unspecified atom stereocenters. The van der Waals surface area contributed by atoms with Crippen molar-refractivity contribution in [2.75, 3.05) is 0 Å². The van der Waals surface area contributed by atoms with Crippen LogP contribution in [0.15, 0.2) is 177 Å². The number of fused-ring (bicyclic) bond motifs is 7. The van der Waals surface area contributed by atoms with Crippen molar-refractivity contribution in [3.05, 3.63) is 186 Å². The Morgan fingerprint density at radius 2 is 1.22 bits per heavy atom. The van der Waals surface area contributed by atoms with E-state index in [9.17, 15) is 0 Å². The van der Waals surface area contributed by atoms with Gasteiger partial charge in [-0.05, 0) is 75.1 Å². The molecule has 2 N–H and O–H groups in total. The smallest absolute Gasteiger partial charge is 0.160 e. The maximum Gasteiger partial charge on any atom is 0.160 e. The predicted molar refractivity (Wildman–Crippen MR) is 220 cm³/mol. The average molecular weight is 697 g/mol. The molecule has 256 valence electrons. The van der Waals surface area contributed by atoms with Gasteiger partial charge in [0.15, 0.2) is 5.84 Å². The van der Waals surface area contributed by atoms with Crippen LogP contribution < -0.4 is 10.6 Å². The van der Waals surface area contributed by atoms with Gasteiger partial charge in [-0.15, -0.1) is 0 Å². The van der Waals surface area contributed by atoms with Crippen molar-refractivity contribution in [2.45, 2.75) is 12.7 Å². The van der Waals surface area contributed by atoms with E-state index < -0.39 is 6.17 Å². The SMILES string of the molecule is C1=Cc2c(oc3cccc(-c4ccc(C5=NC(c6cccc7oc8ccccc8c67)=NC(c6cccc(-c7ccccc7)c6)N5)c5ccccc45)c23)CN1. The lowest BCUT2D eigenvalue weighted by molar-refractivity contribution is 0.532. The van der Waals surface area contributed by atoms with Crippen LogP contribution >= 0.6 is 0 Å². The van der Waals surface area contributed by atoms with Gasteiger partial charge in [-0.2, -0.15) is 0 Å². The summed E-state index contributed by atoms with van der Waals surface area (Å²) in [5.41, 5.74) is 11.2. The number of amidine groups is 2. The first-order chi connectivity index (χ1) is 26.8. The van der Waals surface area contributed by atoms with Crippen LogP contribution in [-0.4, -0.2) is 11.7 Å². The lowest BCUT2D eigenvalue weighted by Gasteiger charge is -2.25. The number of rotatable bonds is 5. The molecule has 0 spiro atoms. The minimum Gasteiger partial charge on any atom is -0.459 e. The molecular weight excluding hydrogens is 665 g/mol. The Morgan fingerprint density at radius 1 is 0.537 bits per heavy atom.